The molecule has 0 spiro atoms. The van der Waals surface area contributed by atoms with E-state index in [2.05, 4.69) is 5.32 Å². The summed E-state index contributed by atoms with van der Waals surface area (Å²) < 4.78 is 5.51. The second-order valence-electron chi connectivity index (χ2n) is 4.68. The van der Waals surface area contributed by atoms with Crippen LogP contribution in [0.5, 0.6) is 0 Å². The highest BCUT2D eigenvalue weighted by molar-refractivity contribution is 5.86. The third-order valence-electron chi connectivity index (χ3n) is 2.98. The molecule has 16 heavy (non-hydrogen) atoms. The topological polar surface area (TPSA) is 75.6 Å². The number of nitrogens with one attached hydrogen (secondary N) is 1. The summed E-state index contributed by atoms with van der Waals surface area (Å²) in [4.78, 5) is 22.4. The summed E-state index contributed by atoms with van der Waals surface area (Å²) in [6.45, 7) is 5.67. The van der Waals surface area contributed by atoms with Gasteiger partial charge in [-0.05, 0) is 5.92 Å². The van der Waals surface area contributed by atoms with Crippen LogP contribution in [0.4, 0.5) is 0 Å². The minimum absolute atomic E-state index is 0.114. The Bertz CT molecular complexity index is 290. The van der Waals surface area contributed by atoms with Crippen LogP contribution in [0.1, 0.15) is 33.6 Å². The van der Waals surface area contributed by atoms with Gasteiger partial charge in [0, 0.05) is 26.4 Å². The molecule has 2 unspecified atom stereocenters. The number of ether oxygens (including phenoxy) is 1. The average Bonchev–Trinajstić information content (AvgIpc) is 2.16. The summed E-state index contributed by atoms with van der Waals surface area (Å²) in [7, 11) is 0. The summed E-state index contributed by atoms with van der Waals surface area (Å²) in [5.41, 5.74) is -1.15. The van der Waals surface area contributed by atoms with Crippen LogP contribution in [-0.2, 0) is 14.3 Å². The van der Waals surface area contributed by atoms with Crippen molar-refractivity contribution in [3.63, 3.8) is 0 Å². The first kappa shape index (κ1) is 13.0. The maximum absolute atomic E-state index is 11.3. The van der Waals surface area contributed by atoms with Gasteiger partial charge in [-0.1, -0.05) is 13.8 Å². The number of hydrogen-bond donors (Lipinski definition) is 2. The number of amides is 1. The van der Waals surface area contributed by atoms with Crippen molar-refractivity contribution in [2.45, 2.75) is 45.3 Å². The highest BCUT2D eigenvalue weighted by Crippen LogP contribution is 2.29. The van der Waals surface area contributed by atoms with Gasteiger partial charge >= 0.3 is 5.97 Å². The standard InChI is InChI=1S/C11H19NO4/c1-7(2)9-6-11(10(14)15,4-5-16-9)12-8(3)13/h7,9H,4-6H2,1-3H3,(H,12,13)(H,14,15). The van der Waals surface area contributed by atoms with Gasteiger partial charge in [-0.3, -0.25) is 4.79 Å². The number of aliphatic carboxylic acids is 1. The maximum Gasteiger partial charge on any atom is 0.329 e. The lowest BCUT2D eigenvalue weighted by Crippen LogP contribution is -2.59. The van der Waals surface area contributed by atoms with Crippen LogP contribution >= 0.6 is 0 Å². The monoisotopic (exact) mass is 229 g/mol. The molecule has 0 saturated carbocycles. The predicted molar refractivity (Wildman–Crippen MR) is 58.0 cm³/mol. The molecule has 92 valence electrons. The van der Waals surface area contributed by atoms with Crippen molar-refractivity contribution in [1.82, 2.24) is 5.32 Å². The Morgan fingerprint density at radius 1 is 1.50 bits per heavy atom. The Balaban J connectivity index is 2.84. The molecule has 1 aliphatic heterocycles. The molecule has 1 heterocycles. The molecule has 0 aromatic heterocycles. The van der Waals surface area contributed by atoms with Crippen LogP contribution in [0.25, 0.3) is 0 Å². The molecule has 5 heteroatoms. The van der Waals surface area contributed by atoms with E-state index in [1.807, 2.05) is 13.8 Å². The molecule has 1 rings (SSSR count). The predicted octanol–water partition coefficient (Wildman–Crippen LogP) is 0.781. The lowest BCUT2D eigenvalue weighted by molar-refractivity contribution is -0.156. The van der Waals surface area contributed by atoms with Gasteiger partial charge in [-0.15, -0.1) is 0 Å². The zero-order chi connectivity index (χ0) is 12.3. The lowest BCUT2D eigenvalue weighted by Gasteiger charge is -2.39. The van der Waals surface area contributed by atoms with Crippen LogP contribution in [0.2, 0.25) is 0 Å². The zero-order valence-electron chi connectivity index (χ0n) is 9.95. The summed E-state index contributed by atoms with van der Waals surface area (Å²) >= 11 is 0. The van der Waals surface area contributed by atoms with Crippen LogP contribution in [-0.4, -0.2) is 35.2 Å². The number of carboxylic acids is 1. The summed E-state index contributed by atoms with van der Waals surface area (Å²) in [5, 5.41) is 11.8. The number of hydrogen-bond acceptors (Lipinski definition) is 3. The van der Waals surface area contributed by atoms with E-state index >= 15 is 0 Å². The molecule has 0 aliphatic carbocycles. The van der Waals surface area contributed by atoms with Crippen LogP contribution in [0.15, 0.2) is 0 Å². The largest absolute Gasteiger partial charge is 0.480 e. The lowest BCUT2D eigenvalue weighted by atomic mass is 9.83. The minimum Gasteiger partial charge on any atom is -0.480 e. The molecule has 1 aliphatic rings. The molecule has 2 atom stereocenters. The van der Waals surface area contributed by atoms with Gasteiger partial charge in [0.1, 0.15) is 5.54 Å². The number of carboxylic acid groups (broad SMARTS) is 1. The molecular weight excluding hydrogens is 210 g/mol. The van der Waals surface area contributed by atoms with Crippen molar-refractivity contribution in [3.05, 3.63) is 0 Å². The smallest absolute Gasteiger partial charge is 0.329 e. The first-order valence-corrected chi connectivity index (χ1v) is 5.51. The van der Waals surface area contributed by atoms with Gasteiger partial charge in [-0.25, -0.2) is 4.79 Å². The number of carbonyl (C=O) groups is 2. The summed E-state index contributed by atoms with van der Waals surface area (Å²) in [6.07, 6.45) is 0.543. The average molecular weight is 229 g/mol. The van der Waals surface area contributed by atoms with E-state index < -0.39 is 11.5 Å². The number of rotatable bonds is 3. The fraction of sp³-hybridized carbons (Fsp3) is 0.818. The number of carbonyl (C=O) groups excluding carboxylic acids is 1. The first-order chi connectivity index (χ1) is 7.37. The second kappa shape index (κ2) is 4.82. The van der Waals surface area contributed by atoms with E-state index in [-0.39, 0.29) is 17.9 Å². The van der Waals surface area contributed by atoms with E-state index in [4.69, 9.17) is 4.74 Å². The van der Waals surface area contributed by atoms with Gasteiger partial charge in [0.25, 0.3) is 0 Å². The van der Waals surface area contributed by atoms with Gasteiger partial charge in [0.15, 0.2) is 0 Å². The van der Waals surface area contributed by atoms with E-state index in [9.17, 15) is 14.7 Å². The first-order valence-electron chi connectivity index (χ1n) is 5.51. The van der Waals surface area contributed by atoms with Gasteiger partial charge in [0.2, 0.25) is 5.91 Å². The zero-order valence-corrected chi connectivity index (χ0v) is 9.95. The summed E-state index contributed by atoms with van der Waals surface area (Å²) in [6, 6.07) is 0. The molecule has 5 nitrogen and oxygen atoms in total. The molecule has 1 saturated heterocycles. The van der Waals surface area contributed by atoms with Crippen LogP contribution < -0.4 is 5.32 Å². The third kappa shape index (κ3) is 2.72. The highest BCUT2D eigenvalue weighted by atomic mass is 16.5. The van der Waals surface area contributed by atoms with Gasteiger partial charge < -0.3 is 15.2 Å². The Hall–Kier alpha value is -1.10. The Labute approximate surface area is 95.2 Å². The van der Waals surface area contributed by atoms with Gasteiger partial charge in [-0.2, -0.15) is 0 Å². The highest BCUT2D eigenvalue weighted by Gasteiger charge is 2.44. The molecular formula is C11H19NO4. The van der Waals surface area contributed by atoms with E-state index in [0.717, 1.165) is 0 Å². The van der Waals surface area contributed by atoms with E-state index in [0.29, 0.717) is 19.4 Å². The second-order valence-corrected chi connectivity index (χ2v) is 4.68. The van der Waals surface area contributed by atoms with Gasteiger partial charge in [0.05, 0.1) is 6.10 Å². The fourth-order valence-corrected chi connectivity index (χ4v) is 2.02. The molecule has 1 amide bonds. The molecule has 0 bridgehead atoms. The third-order valence-corrected chi connectivity index (χ3v) is 2.98. The van der Waals surface area contributed by atoms with Crippen molar-refractivity contribution in [1.29, 1.82) is 0 Å². The van der Waals surface area contributed by atoms with Crippen molar-refractivity contribution in [2.24, 2.45) is 5.92 Å². The quantitative estimate of drug-likeness (QED) is 0.750. The van der Waals surface area contributed by atoms with Crippen LogP contribution in [0, 0.1) is 5.92 Å². The fourth-order valence-electron chi connectivity index (χ4n) is 2.02. The Morgan fingerprint density at radius 3 is 2.56 bits per heavy atom. The van der Waals surface area contributed by atoms with Crippen molar-refractivity contribution in [3.8, 4) is 0 Å². The van der Waals surface area contributed by atoms with E-state index in [1.54, 1.807) is 0 Å². The van der Waals surface area contributed by atoms with E-state index in [1.165, 1.54) is 6.92 Å². The SMILES string of the molecule is CC(=O)NC1(C(=O)O)CCOC(C(C)C)C1. The van der Waals surface area contributed by atoms with Crippen LogP contribution in [0.3, 0.4) is 0 Å². The van der Waals surface area contributed by atoms with Crippen molar-refractivity contribution < 1.29 is 19.4 Å². The normalized spacial score (nSPS) is 30.1. The molecule has 0 aromatic rings. The Kier molecular flexibility index (Phi) is 3.91. The Morgan fingerprint density at radius 2 is 2.12 bits per heavy atom. The molecule has 2 N–H and O–H groups in total. The molecule has 1 fully saturated rings. The van der Waals surface area contributed by atoms with Crippen molar-refractivity contribution in [2.75, 3.05) is 6.61 Å². The maximum atomic E-state index is 11.3. The molecule has 0 radical (unpaired) electrons. The van der Waals surface area contributed by atoms with Crippen molar-refractivity contribution >= 4 is 11.9 Å². The molecule has 0 aromatic carbocycles. The minimum atomic E-state index is -1.15. The summed E-state index contributed by atoms with van der Waals surface area (Å²) in [5.74, 6) is -1.05.